The highest BCUT2D eigenvalue weighted by atomic mass is 19.1. The van der Waals surface area contributed by atoms with Crippen molar-refractivity contribution in [3.8, 4) is 5.75 Å². The number of ether oxygens (including phenoxy) is 1. The predicted octanol–water partition coefficient (Wildman–Crippen LogP) is 0.791. The molecular formula is C10H13FN2O4. The number of nitrogens with zero attached hydrogens (tertiary/aromatic N) is 2. The van der Waals surface area contributed by atoms with Crippen molar-refractivity contribution in [3.05, 3.63) is 23.8 Å². The van der Waals surface area contributed by atoms with E-state index in [1.165, 1.54) is 18.4 Å². The third-order valence-corrected chi connectivity index (χ3v) is 2.01. The molecule has 17 heavy (non-hydrogen) atoms. The van der Waals surface area contributed by atoms with Crippen LogP contribution in [0.4, 0.5) is 4.39 Å². The van der Waals surface area contributed by atoms with Crippen LogP contribution in [0.3, 0.4) is 0 Å². The summed E-state index contributed by atoms with van der Waals surface area (Å²) in [7, 11) is 3.23. The average Bonchev–Trinajstić information content (AvgIpc) is 2.28. The molecule has 1 aromatic rings. The van der Waals surface area contributed by atoms with Gasteiger partial charge in [-0.3, -0.25) is 0 Å². The van der Waals surface area contributed by atoms with Gasteiger partial charge in [0, 0.05) is 13.1 Å². The monoisotopic (exact) mass is 244 g/mol. The number of hydrogen-bond donors (Lipinski definition) is 1. The number of pyridine rings is 1. The lowest BCUT2D eigenvalue weighted by molar-refractivity contribution is -0.113. The highest BCUT2D eigenvalue weighted by Gasteiger charge is 2.12. The number of hydrogen-bond acceptors (Lipinski definition) is 5. The molecule has 0 saturated carbocycles. The summed E-state index contributed by atoms with van der Waals surface area (Å²) in [6.45, 7) is 0.761. The summed E-state index contributed by atoms with van der Waals surface area (Å²) in [6.07, 6.45) is 1.17. The van der Waals surface area contributed by atoms with Crippen LogP contribution in [0.2, 0.25) is 0 Å². The molecule has 0 spiro atoms. The molecule has 6 nitrogen and oxygen atoms in total. The van der Waals surface area contributed by atoms with Gasteiger partial charge < -0.3 is 14.7 Å². The van der Waals surface area contributed by atoms with Crippen molar-refractivity contribution < 1.29 is 23.9 Å². The third kappa shape index (κ3) is 3.97. The van der Waals surface area contributed by atoms with Crippen molar-refractivity contribution in [2.24, 2.45) is 0 Å². The largest absolute Gasteiger partial charge is 0.490 e. The van der Waals surface area contributed by atoms with Crippen molar-refractivity contribution in [1.29, 1.82) is 0 Å². The summed E-state index contributed by atoms with van der Waals surface area (Å²) < 4.78 is 18.4. The number of carboxylic acid groups (broad SMARTS) is 1. The van der Waals surface area contributed by atoms with Gasteiger partial charge in [0.2, 0.25) is 0 Å². The van der Waals surface area contributed by atoms with Crippen LogP contribution in [0.15, 0.2) is 12.3 Å². The summed E-state index contributed by atoms with van der Waals surface area (Å²) in [5, 5.41) is 10.1. The van der Waals surface area contributed by atoms with Crippen molar-refractivity contribution in [3.63, 3.8) is 0 Å². The number of carboxylic acids is 1. The molecule has 0 unspecified atom stereocenters. The Bertz CT molecular complexity index is 400. The average molecular weight is 244 g/mol. The minimum Gasteiger partial charge on any atom is -0.490 e. The number of aromatic carboxylic acids is 1. The van der Waals surface area contributed by atoms with E-state index in [0.717, 1.165) is 6.07 Å². The molecule has 1 rings (SSSR count). The van der Waals surface area contributed by atoms with Gasteiger partial charge in [0.25, 0.3) is 0 Å². The van der Waals surface area contributed by atoms with Crippen molar-refractivity contribution in [1.82, 2.24) is 10.0 Å². The molecule has 7 heteroatoms. The van der Waals surface area contributed by atoms with Crippen molar-refractivity contribution in [2.75, 3.05) is 27.3 Å². The summed E-state index contributed by atoms with van der Waals surface area (Å²) in [5.74, 6) is -2.15. The van der Waals surface area contributed by atoms with E-state index in [1.807, 2.05) is 0 Å². The van der Waals surface area contributed by atoms with E-state index in [9.17, 15) is 9.18 Å². The highest BCUT2D eigenvalue weighted by Crippen LogP contribution is 2.13. The van der Waals surface area contributed by atoms with E-state index < -0.39 is 17.5 Å². The number of likely N-dealkylation sites (N-methyl/N-ethyl adjacent to an activating group) is 1. The summed E-state index contributed by atoms with van der Waals surface area (Å²) in [6, 6.07) is 0.989. The smallest absolute Gasteiger partial charge is 0.357 e. The Hall–Kier alpha value is -1.73. The maximum absolute atomic E-state index is 13.2. The fourth-order valence-electron chi connectivity index (χ4n) is 1.04. The minimum absolute atomic E-state index is 0.178. The number of halogens is 1. The molecule has 1 heterocycles. The van der Waals surface area contributed by atoms with Crippen molar-refractivity contribution in [2.45, 2.75) is 0 Å². The highest BCUT2D eigenvalue weighted by molar-refractivity contribution is 5.85. The standard InChI is InChI=1S/C10H13FN2O4/c1-13(16-2)3-4-17-7-5-8(11)9(10(14)15)12-6-7/h5-6H,3-4H2,1-2H3,(H,14,15). The zero-order valence-electron chi connectivity index (χ0n) is 9.51. The van der Waals surface area contributed by atoms with E-state index in [0.29, 0.717) is 6.54 Å². The Morgan fingerprint density at radius 1 is 1.65 bits per heavy atom. The van der Waals surface area contributed by atoms with Gasteiger partial charge in [-0.05, 0) is 0 Å². The third-order valence-electron chi connectivity index (χ3n) is 2.01. The van der Waals surface area contributed by atoms with E-state index in [-0.39, 0.29) is 12.4 Å². The number of aromatic nitrogens is 1. The number of rotatable bonds is 6. The van der Waals surface area contributed by atoms with Crippen LogP contribution in [0.25, 0.3) is 0 Å². The van der Waals surface area contributed by atoms with Gasteiger partial charge in [0.1, 0.15) is 12.4 Å². The van der Waals surface area contributed by atoms with E-state index in [1.54, 1.807) is 7.05 Å². The zero-order valence-corrected chi connectivity index (χ0v) is 9.51. The first-order chi connectivity index (χ1) is 8.04. The van der Waals surface area contributed by atoms with Crippen LogP contribution in [-0.2, 0) is 4.84 Å². The first kappa shape index (κ1) is 13.3. The Labute approximate surface area is 97.5 Å². The second-order valence-corrected chi connectivity index (χ2v) is 3.19. The molecule has 0 fully saturated rings. The SMILES string of the molecule is CON(C)CCOc1cnc(C(=O)O)c(F)c1. The van der Waals surface area contributed by atoms with Crippen LogP contribution in [0.1, 0.15) is 10.5 Å². The van der Waals surface area contributed by atoms with Crippen LogP contribution >= 0.6 is 0 Å². The Morgan fingerprint density at radius 3 is 2.88 bits per heavy atom. The van der Waals surface area contributed by atoms with Gasteiger partial charge >= 0.3 is 5.97 Å². The quantitative estimate of drug-likeness (QED) is 0.746. The summed E-state index contributed by atoms with van der Waals surface area (Å²) in [5.41, 5.74) is -0.619. The normalized spacial score (nSPS) is 10.6. The van der Waals surface area contributed by atoms with Crippen LogP contribution in [0, 0.1) is 5.82 Å². The first-order valence-corrected chi connectivity index (χ1v) is 4.81. The molecule has 0 radical (unpaired) electrons. The Morgan fingerprint density at radius 2 is 2.35 bits per heavy atom. The van der Waals surface area contributed by atoms with E-state index in [2.05, 4.69) is 4.98 Å². The Balaban J connectivity index is 2.56. The van der Waals surface area contributed by atoms with Gasteiger partial charge in [-0.1, -0.05) is 0 Å². The maximum Gasteiger partial charge on any atom is 0.357 e. The topological polar surface area (TPSA) is 71.9 Å². The molecule has 1 N–H and O–H groups in total. The van der Waals surface area contributed by atoms with Gasteiger partial charge in [0.15, 0.2) is 11.5 Å². The van der Waals surface area contributed by atoms with Gasteiger partial charge in [0.05, 0.1) is 19.9 Å². The predicted molar refractivity (Wildman–Crippen MR) is 56.3 cm³/mol. The maximum atomic E-state index is 13.2. The molecule has 94 valence electrons. The van der Waals surface area contributed by atoms with Crippen LogP contribution < -0.4 is 4.74 Å². The minimum atomic E-state index is -1.41. The molecule has 0 atom stereocenters. The fraction of sp³-hybridized carbons (Fsp3) is 0.400. The van der Waals surface area contributed by atoms with E-state index in [4.69, 9.17) is 14.7 Å². The summed E-state index contributed by atoms with van der Waals surface area (Å²) in [4.78, 5) is 18.8. The second kappa shape index (κ2) is 6.12. The Kier molecular flexibility index (Phi) is 4.80. The molecule has 0 aromatic carbocycles. The van der Waals surface area contributed by atoms with Gasteiger partial charge in [-0.15, -0.1) is 0 Å². The lowest BCUT2D eigenvalue weighted by Gasteiger charge is -2.13. The van der Waals surface area contributed by atoms with Crippen LogP contribution in [-0.4, -0.2) is 48.4 Å². The van der Waals surface area contributed by atoms with E-state index >= 15 is 0 Å². The number of carbonyl (C=O) groups is 1. The van der Waals surface area contributed by atoms with Gasteiger partial charge in [-0.2, -0.15) is 5.06 Å². The molecule has 0 aliphatic rings. The van der Waals surface area contributed by atoms with Crippen molar-refractivity contribution >= 4 is 5.97 Å². The molecule has 0 bridgehead atoms. The molecule has 0 aliphatic heterocycles. The second-order valence-electron chi connectivity index (χ2n) is 3.19. The lowest BCUT2D eigenvalue weighted by Crippen LogP contribution is -2.23. The van der Waals surface area contributed by atoms with Crippen LogP contribution in [0.5, 0.6) is 5.75 Å². The first-order valence-electron chi connectivity index (χ1n) is 4.81. The molecule has 0 aliphatic carbocycles. The molecular weight excluding hydrogens is 231 g/mol. The molecule has 1 aromatic heterocycles. The number of hydroxylamine groups is 2. The molecule has 0 saturated heterocycles. The summed E-state index contributed by atoms with van der Waals surface area (Å²) >= 11 is 0. The van der Waals surface area contributed by atoms with Gasteiger partial charge in [-0.25, -0.2) is 14.2 Å². The fourth-order valence-corrected chi connectivity index (χ4v) is 1.04. The molecule has 0 amide bonds. The lowest BCUT2D eigenvalue weighted by atomic mass is 10.3. The zero-order chi connectivity index (χ0) is 12.8.